The molecule has 1 fully saturated rings. The van der Waals surface area contributed by atoms with Crippen molar-refractivity contribution in [3.63, 3.8) is 0 Å². The number of benzene rings is 2. The van der Waals surface area contributed by atoms with Crippen LogP contribution in [0.15, 0.2) is 42.5 Å². The number of aryl methyl sites for hydroxylation is 3. The fraction of sp³-hybridized carbons (Fsp3) is 0.370. The summed E-state index contributed by atoms with van der Waals surface area (Å²) in [4.78, 5) is 17.0. The fourth-order valence-electron chi connectivity index (χ4n) is 4.49. The van der Waals surface area contributed by atoms with Gasteiger partial charge in [-0.15, -0.1) is 10.2 Å². The minimum atomic E-state index is -0.595. The Bertz CT molecular complexity index is 1240. The van der Waals surface area contributed by atoms with E-state index in [0.29, 0.717) is 43.4 Å². The van der Waals surface area contributed by atoms with E-state index in [0.717, 1.165) is 17.1 Å². The molecule has 1 amide bonds. The van der Waals surface area contributed by atoms with Gasteiger partial charge in [-0.1, -0.05) is 6.07 Å². The number of aromatic nitrogens is 2. The van der Waals surface area contributed by atoms with Crippen LogP contribution >= 0.6 is 0 Å². The number of rotatable bonds is 5. The predicted octanol–water partition coefficient (Wildman–Crippen LogP) is 3.91. The summed E-state index contributed by atoms with van der Waals surface area (Å²) in [7, 11) is 0. The van der Waals surface area contributed by atoms with Crippen LogP contribution in [0, 0.1) is 20.8 Å². The lowest BCUT2D eigenvalue weighted by molar-refractivity contribution is -0.138. The van der Waals surface area contributed by atoms with E-state index in [1.807, 2.05) is 17.0 Å². The van der Waals surface area contributed by atoms with Crippen LogP contribution < -0.4 is 19.1 Å². The molecule has 2 aliphatic rings. The molecule has 35 heavy (non-hydrogen) atoms. The van der Waals surface area contributed by atoms with Gasteiger partial charge in [-0.05, 0) is 74.7 Å². The number of amides is 1. The first-order valence-corrected chi connectivity index (χ1v) is 11.9. The molecule has 2 aromatic carbocycles. The smallest absolute Gasteiger partial charge is 0.263 e. The summed E-state index contributed by atoms with van der Waals surface area (Å²) >= 11 is 0. The van der Waals surface area contributed by atoms with E-state index >= 15 is 0 Å². The van der Waals surface area contributed by atoms with Gasteiger partial charge in [0.15, 0.2) is 23.4 Å². The van der Waals surface area contributed by atoms with Crippen molar-refractivity contribution in [2.24, 2.45) is 0 Å². The molecule has 182 valence electrons. The third kappa shape index (κ3) is 4.73. The number of hydrogen-bond donors (Lipinski definition) is 0. The van der Waals surface area contributed by atoms with Crippen molar-refractivity contribution in [1.29, 1.82) is 0 Å². The largest absolute Gasteiger partial charge is 0.481 e. The van der Waals surface area contributed by atoms with Crippen LogP contribution in [0.5, 0.6) is 17.2 Å². The minimum absolute atomic E-state index is 0.0334. The average Bonchev–Trinajstić information content (AvgIpc) is 3.34. The van der Waals surface area contributed by atoms with Crippen molar-refractivity contribution in [1.82, 2.24) is 15.1 Å². The highest BCUT2D eigenvalue weighted by atomic mass is 16.7. The average molecular weight is 475 g/mol. The summed E-state index contributed by atoms with van der Waals surface area (Å²) in [5.74, 6) is 2.70. The summed E-state index contributed by atoms with van der Waals surface area (Å²) in [5.41, 5.74) is 5.70. The van der Waals surface area contributed by atoms with Crippen molar-refractivity contribution in [2.45, 2.75) is 33.8 Å². The second kappa shape index (κ2) is 9.44. The maximum absolute atomic E-state index is 13.0. The van der Waals surface area contributed by atoms with Gasteiger partial charge in [-0.2, -0.15) is 0 Å². The molecule has 0 aliphatic carbocycles. The number of fused-ring (bicyclic) bond motifs is 1. The van der Waals surface area contributed by atoms with Crippen LogP contribution in [0.3, 0.4) is 0 Å². The molecule has 8 heteroatoms. The third-order valence-electron chi connectivity index (χ3n) is 6.69. The summed E-state index contributed by atoms with van der Waals surface area (Å²) in [6.07, 6.45) is -0.595. The summed E-state index contributed by atoms with van der Waals surface area (Å²) in [6, 6.07) is 13.7. The van der Waals surface area contributed by atoms with Crippen molar-refractivity contribution >= 4 is 11.7 Å². The van der Waals surface area contributed by atoms with E-state index in [1.165, 1.54) is 16.7 Å². The molecular weight excluding hydrogens is 444 g/mol. The predicted molar refractivity (Wildman–Crippen MR) is 133 cm³/mol. The van der Waals surface area contributed by atoms with Gasteiger partial charge in [-0.25, -0.2) is 0 Å². The quantitative estimate of drug-likeness (QED) is 0.555. The first-order chi connectivity index (χ1) is 16.9. The first-order valence-electron chi connectivity index (χ1n) is 11.9. The molecule has 1 atom stereocenters. The molecular formula is C27H30N4O4. The molecule has 0 N–H and O–H groups in total. The molecule has 0 spiro atoms. The van der Waals surface area contributed by atoms with Crippen LogP contribution in [0.25, 0.3) is 11.3 Å². The second-order valence-corrected chi connectivity index (χ2v) is 9.12. The standard InChI is InChI=1S/C27H30N4O4/c1-17-13-19(3)22(14-18(17)2)23-6-8-26(29-28-23)30-9-11-31(12-10-30)27(32)20(4)35-21-5-7-24-25(15-21)34-16-33-24/h5-8,13-15,20H,9-12,16H2,1-4H3. The normalized spacial score (nSPS) is 15.8. The Labute approximate surface area is 205 Å². The highest BCUT2D eigenvalue weighted by molar-refractivity contribution is 5.81. The van der Waals surface area contributed by atoms with E-state index in [-0.39, 0.29) is 12.7 Å². The number of carbonyl (C=O) groups is 1. The SMILES string of the molecule is Cc1cc(C)c(-c2ccc(N3CCN(C(=O)C(C)Oc4ccc5c(c4)OCO5)CC3)nn2)cc1C. The Kier molecular flexibility index (Phi) is 6.19. The van der Waals surface area contributed by atoms with Crippen molar-refractivity contribution in [3.8, 4) is 28.5 Å². The van der Waals surface area contributed by atoms with Gasteiger partial charge in [0.05, 0.1) is 5.69 Å². The minimum Gasteiger partial charge on any atom is -0.481 e. The maximum atomic E-state index is 13.0. The van der Waals surface area contributed by atoms with Gasteiger partial charge in [0, 0.05) is 37.8 Å². The zero-order valence-electron chi connectivity index (χ0n) is 20.6. The van der Waals surface area contributed by atoms with Crippen molar-refractivity contribution in [3.05, 3.63) is 59.2 Å². The van der Waals surface area contributed by atoms with Crippen LogP contribution in [-0.4, -0.2) is 60.1 Å². The molecule has 0 bridgehead atoms. The lowest BCUT2D eigenvalue weighted by atomic mass is 9.99. The molecule has 1 saturated heterocycles. The molecule has 3 aromatic rings. The fourth-order valence-corrected chi connectivity index (χ4v) is 4.49. The summed E-state index contributed by atoms with van der Waals surface area (Å²) < 4.78 is 16.6. The zero-order valence-corrected chi connectivity index (χ0v) is 20.6. The number of anilines is 1. The molecule has 2 aliphatic heterocycles. The number of nitrogens with zero attached hydrogens (tertiary/aromatic N) is 4. The highest BCUT2D eigenvalue weighted by Gasteiger charge is 2.27. The monoisotopic (exact) mass is 474 g/mol. The van der Waals surface area contributed by atoms with E-state index in [2.05, 4.69) is 48.0 Å². The van der Waals surface area contributed by atoms with Gasteiger partial charge < -0.3 is 24.0 Å². The van der Waals surface area contributed by atoms with Crippen LogP contribution in [0.4, 0.5) is 5.82 Å². The van der Waals surface area contributed by atoms with E-state index in [1.54, 1.807) is 25.1 Å². The topological polar surface area (TPSA) is 77.0 Å². The number of piperazine rings is 1. The molecule has 1 aromatic heterocycles. The van der Waals surface area contributed by atoms with Gasteiger partial charge in [-0.3, -0.25) is 4.79 Å². The Morgan fingerprint density at radius 3 is 2.37 bits per heavy atom. The molecule has 0 saturated carbocycles. The Morgan fingerprint density at radius 2 is 1.63 bits per heavy atom. The van der Waals surface area contributed by atoms with Gasteiger partial charge >= 0.3 is 0 Å². The van der Waals surface area contributed by atoms with Crippen molar-refractivity contribution in [2.75, 3.05) is 37.9 Å². The number of hydrogen-bond acceptors (Lipinski definition) is 7. The Hall–Kier alpha value is -3.81. The third-order valence-corrected chi connectivity index (χ3v) is 6.69. The molecule has 5 rings (SSSR count). The van der Waals surface area contributed by atoms with E-state index in [4.69, 9.17) is 14.2 Å². The Balaban J connectivity index is 1.18. The number of carbonyl (C=O) groups excluding carboxylic acids is 1. The van der Waals surface area contributed by atoms with Gasteiger partial charge in [0.25, 0.3) is 5.91 Å². The molecule has 0 radical (unpaired) electrons. The summed E-state index contributed by atoms with van der Waals surface area (Å²) in [6.45, 7) is 10.9. The maximum Gasteiger partial charge on any atom is 0.263 e. The van der Waals surface area contributed by atoms with E-state index in [9.17, 15) is 4.79 Å². The van der Waals surface area contributed by atoms with Crippen LogP contribution in [0.2, 0.25) is 0 Å². The highest BCUT2D eigenvalue weighted by Crippen LogP contribution is 2.35. The van der Waals surface area contributed by atoms with Gasteiger partial charge in [0.2, 0.25) is 6.79 Å². The molecule has 1 unspecified atom stereocenters. The summed E-state index contributed by atoms with van der Waals surface area (Å²) in [5, 5.41) is 8.99. The lowest BCUT2D eigenvalue weighted by Crippen LogP contribution is -2.52. The van der Waals surface area contributed by atoms with Crippen LogP contribution in [-0.2, 0) is 4.79 Å². The lowest BCUT2D eigenvalue weighted by Gasteiger charge is -2.36. The Morgan fingerprint density at radius 1 is 0.886 bits per heavy atom. The molecule has 8 nitrogen and oxygen atoms in total. The number of ether oxygens (including phenoxy) is 3. The van der Waals surface area contributed by atoms with Crippen molar-refractivity contribution < 1.29 is 19.0 Å². The second-order valence-electron chi connectivity index (χ2n) is 9.12. The van der Waals surface area contributed by atoms with Gasteiger partial charge in [0.1, 0.15) is 5.75 Å². The first kappa shape index (κ1) is 23.0. The van der Waals surface area contributed by atoms with Crippen LogP contribution in [0.1, 0.15) is 23.6 Å². The molecule has 3 heterocycles. The van der Waals surface area contributed by atoms with E-state index < -0.39 is 6.10 Å². The zero-order chi connectivity index (χ0) is 24.5.